The Bertz CT molecular complexity index is 474. The van der Waals surface area contributed by atoms with Gasteiger partial charge in [0.25, 0.3) is 0 Å². The number of carbonyl (C=O) groups is 1. The van der Waals surface area contributed by atoms with Gasteiger partial charge in [-0.05, 0) is 57.2 Å². The Balaban J connectivity index is 2.55. The molecule has 0 aliphatic carbocycles. The van der Waals surface area contributed by atoms with Crippen LogP contribution in [0.2, 0.25) is 0 Å². The van der Waals surface area contributed by atoms with E-state index in [0.717, 1.165) is 23.2 Å². The van der Waals surface area contributed by atoms with Gasteiger partial charge in [0.15, 0.2) is 5.78 Å². The molecule has 0 bridgehead atoms. The van der Waals surface area contributed by atoms with Gasteiger partial charge in [-0.25, -0.2) is 0 Å². The Morgan fingerprint density at radius 1 is 1.41 bits per heavy atom. The number of nitrogens with one attached hydrogen (secondary N) is 1. The van der Waals surface area contributed by atoms with Crippen LogP contribution in [0, 0.1) is 6.92 Å². The lowest BCUT2D eigenvalue weighted by Gasteiger charge is -2.38. The molecule has 0 unspecified atom stereocenters. The molecule has 2 rings (SSSR count). The van der Waals surface area contributed by atoms with Gasteiger partial charge in [0.05, 0.1) is 0 Å². The van der Waals surface area contributed by atoms with Crippen LogP contribution in [0.1, 0.15) is 61.5 Å². The molecule has 1 aromatic carbocycles. The Labute approximate surface area is 103 Å². The van der Waals surface area contributed by atoms with Crippen LogP contribution in [0.15, 0.2) is 12.1 Å². The minimum absolute atomic E-state index is 0.107. The highest BCUT2D eigenvalue weighted by Crippen LogP contribution is 2.39. The zero-order valence-electron chi connectivity index (χ0n) is 11.3. The maximum atomic E-state index is 11.6. The fourth-order valence-electron chi connectivity index (χ4n) is 2.92. The normalized spacial score (nSPS) is 21.6. The van der Waals surface area contributed by atoms with Crippen molar-refractivity contribution >= 4 is 11.5 Å². The lowest BCUT2D eigenvalue weighted by molar-refractivity contribution is 0.101. The van der Waals surface area contributed by atoms with Crippen LogP contribution in [0.3, 0.4) is 0 Å². The summed E-state index contributed by atoms with van der Waals surface area (Å²) in [4.78, 5) is 11.6. The van der Waals surface area contributed by atoms with E-state index in [1.165, 1.54) is 5.56 Å². The molecule has 2 heteroatoms. The zero-order chi connectivity index (χ0) is 12.8. The van der Waals surface area contributed by atoms with Crippen molar-refractivity contribution in [3.8, 4) is 0 Å². The summed E-state index contributed by atoms with van der Waals surface area (Å²) in [6.07, 6.45) is 1.12. The van der Waals surface area contributed by atoms with Crippen molar-refractivity contribution in [1.82, 2.24) is 0 Å². The van der Waals surface area contributed by atoms with Crippen molar-refractivity contribution in [2.45, 2.75) is 52.5 Å². The second kappa shape index (κ2) is 3.86. The molecule has 2 nitrogen and oxygen atoms in total. The third-order valence-corrected chi connectivity index (χ3v) is 3.60. The fourth-order valence-corrected chi connectivity index (χ4v) is 2.92. The van der Waals surface area contributed by atoms with Crippen LogP contribution in [0.4, 0.5) is 5.69 Å². The number of ketones is 1. The molecule has 1 aromatic rings. The zero-order valence-corrected chi connectivity index (χ0v) is 11.3. The summed E-state index contributed by atoms with van der Waals surface area (Å²) in [7, 11) is 0. The van der Waals surface area contributed by atoms with Crippen molar-refractivity contribution in [3.05, 3.63) is 28.8 Å². The van der Waals surface area contributed by atoms with Gasteiger partial charge in [0, 0.05) is 16.8 Å². The predicted octanol–water partition coefficient (Wildman–Crippen LogP) is 3.90. The maximum Gasteiger partial charge on any atom is 0.160 e. The second-order valence-electron chi connectivity index (χ2n) is 5.92. The average Bonchev–Trinajstić information content (AvgIpc) is 2.17. The van der Waals surface area contributed by atoms with E-state index in [-0.39, 0.29) is 11.3 Å². The van der Waals surface area contributed by atoms with Gasteiger partial charge < -0.3 is 5.32 Å². The first-order valence-electron chi connectivity index (χ1n) is 6.24. The molecular formula is C15H21NO. The number of fused-ring (bicyclic) bond motifs is 1. The molecule has 1 aliphatic rings. The molecule has 0 spiro atoms. The van der Waals surface area contributed by atoms with Crippen LogP contribution in [0.5, 0.6) is 0 Å². The van der Waals surface area contributed by atoms with Crippen LogP contribution < -0.4 is 5.32 Å². The summed E-state index contributed by atoms with van der Waals surface area (Å²) in [5.74, 6) is 0.684. The summed E-state index contributed by atoms with van der Waals surface area (Å²) >= 11 is 0. The number of anilines is 1. The highest BCUT2D eigenvalue weighted by atomic mass is 16.1. The molecule has 0 radical (unpaired) electrons. The van der Waals surface area contributed by atoms with E-state index >= 15 is 0 Å². The Hall–Kier alpha value is -1.31. The highest BCUT2D eigenvalue weighted by molar-refractivity contribution is 5.96. The van der Waals surface area contributed by atoms with Crippen molar-refractivity contribution in [2.24, 2.45) is 0 Å². The molecule has 0 aromatic heterocycles. The van der Waals surface area contributed by atoms with Gasteiger partial charge in [-0.2, -0.15) is 0 Å². The van der Waals surface area contributed by atoms with Crippen LogP contribution in [-0.4, -0.2) is 11.3 Å². The Morgan fingerprint density at radius 3 is 2.65 bits per heavy atom. The minimum atomic E-state index is 0.107. The van der Waals surface area contributed by atoms with Gasteiger partial charge in [0.1, 0.15) is 0 Å². The molecule has 1 aliphatic heterocycles. The molecule has 0 saturated carbocycles. The average molecular weight is 231 g/mol. The van der Waals surface area contributed by atoms with Crippen LogP contribution in [0.25, 0.3) is 0 Å². The Kier molecular flexibility index (Phi) is 2.76. The van der Waals surface area contributed by atoms with E-state index in [1.807, 2.05) is 13.0 Å². The van der Waals surface area contributed by atoms with Crippen LogP contribution >= 0.6 is 0 Å². The largest absolute Gasteiger partial charge is 0.380 e. The molecule has 1 atom stereocenters. The molecule has 0 amide bonds. The minimum Gasteiger partial charge on any atom is -0.380 e. The number of benzene rings is 1. The van der Waals surface area contributed by atoms with E-state index in [9.17, 15) is 4.79 Å². The number of Topliss-reactive ketones (excluding diaryl/α,β-unsaturated/α-hetero) is 1. The summed E-state index contributed by atoms with van der Waals surface area (Å²) in [5.41, 5.74) is 4.50. The lowest BCUT2D eigenvalue weighted by atomic mass is 9.80. The van der Waals surface area contributed by atoms with Gasteiger partial charge in [-0.1, -0.05) is 13.0 Å². The standard InChI is InChI=1S/C15H21NO/c1-9-6-13-10(2)8-15(4,5)16-14(13)7-12(9)11(3)17/h6-7,10,16H,8H2,1-5H3/t10-/m0/s1. The summed E-state index contributed by atoms with van der Waals surface area (Å²) in [5, 5.41) is 3.54. The molecule has 17 heavy (non-hydrogen) atoms. The van der Waals surface area contributed by atoms with Crippen LogP contribution in [-0.2, 0) is 0 Å². The summed E-state index contributed by atoms with van der Waals surface area (Å²) in [6.45, 7) is 10.3. The monoisotopic (exact) mass is 231 g/mol. The number of hydrogen-bond donors (Lipinski definition) is 1. The van der Waals surface area contributed by atoms with E-state index in [2.05, 4.69) is 32.2 Å². The molecule has 92 valence electrons. The first-order valence-corrected chi connectivity index (χ1v) is 6.24. The van der Waals surface area contributed by atoms with E-state index in [4.69, 9.17) is 0 Å². The molecular weight excluding hydrogens is 210 g/mol. The summed E-state index contributed by atoms with van der Waals surface area (Å²) in [6, 6.07) is 4.18. The van der Waals surface area contributed by atoms with Crippen molar-refractivity contribution < 1.29 is 4.79 Å². The second-order valence-corrected chi connectivity index (χ2v) is 5.92. The van der Waals surface area contributed by atoms with E-state index < -0.39 is 0 Å². The number of hydrogen-bond acceptors (Lipinski definition) is 2. The van der Waals surface area contributed by atoms with E-state index in [0.29, 0.717) is 5.92 Å². The first kappa shape index (κ1) is 12.2. The Morgan fingerprint density at radius 2 is 2.06 bits per heavy atom. The van der Waals surface area contributed by atoms with E-state index in [1.54, 1.807) is 6.92 Å². The van der Waals surface area contributed by atoms with Crippen molar-refractivity contribution in [2.75, 3.05) is 5.32 Å². The number of rotatable bonds is 1. The predicted molar refractivity (Wildman–Crippen MR) is 71.9 cm³/mol. The van der Waals surface area contributed by atoms with Gasteiger partial charge >= 0.3 is 0 Å². The van der Waals surface area contributed by atoms with Gasteiger partial charge in [-0.3, -0.25) is 4.79 Å². The van der Waals surface area contributed by atoms with Crippen molar-refractivity contribution in [3.63, 3.8) is 0 Å². The molecule has 1 heterocycles. The molecule has 0 saturated heterocycles. The first-order chi connectivity index (χ1) is 7.80. The van der Waals surface area contributed by atoms with Crippen molar-refractivity contribution in [1.29, 1.82) is 0 Å². The van der Waals surface area contributed by atoms with Gasteiger partial charge in [-0.15, -0.1) is 0 Å². The smallest absolute Gasteiger partial charge is 0.160 e. The SMILES string of the molecule is CC(=O)c1cc2c(cc1C)[C@@H](C)CC(C)(C)N2. The highest BCUT2D eigenvalue weighted by Gasteiger charge is 2.29. The third kappa shape index (κ3) is 2.21. The fraction of sp³-hybridized carbons (Fsp3) is 0.533. The summed E-state index contributed by atoms with van der Waals surface area (Å²) < 4.78 is 0. The number of carbonyl (C=O) groups excluding carboxylic acids is 1. The van der Waals surface area contributed by atoms with Gasteiger partial charge in [0.2, 0.25) is 0 Å². The topological polar surface area (TPSA) is 29.1 Å². The lowest BCUT2D eigenvalue weighted by Crippen LogP contribution is -2.36. The third-order valence-electron chi connectivity index (χ3n) is 3.60. The number of aryl methyl sites for hydroxylation is 1. The maximum absolute atomic E-state index is 11.6. The molecule has 1 N–H and O–H groups in total. The molecule has 0 fully saturated rings. The quantitative estimate of drug-likeness (QED) is 0.743.